The van der Waals surface area contributed by atoms with Crippen molar-refractivity contribution in [2.24, 2.45) is 0 Å². The number of benzene rings is 1. The Morgan fingerprint density at radius 2 is 2.29 bits per heavy atom. The number of hydrogen-bond donors (Lipinski definition) is 1. The first-order valence-corrected chi connectivity index (χ1v) is 9.67. The van der Waals surface area contributed by atoms with Crippen molar-refractivity contribution in [3.63, 3.8) is 0 Å². The Bertz CT molecular complexity index is 629. The smallest absolute Gasteiger partial charge is 0.179 e. The molecule has 21 heavy (non-hydrogen) atoms. The second-order valence-corrected chi connectivity index (χ2v) is 9.33. The van der Waals surface area contributed by atoms with Crippen LogP contribution in [0.1, 0.15) is 25.3 Å². The van der Waals surface area contributed by atoms with Gasteiger partial charge < -0.3 is 5.32 Å². The van der Waals surface area contributed by atoms with Gasteiger partial charge in [0.1, 0.15) is 0 Å². The largest absolute Gasteiger partial charge is 0.314 e. The van der Waals surface area contributed by atoms with Gasteiger partial charge in [-0.25, -0.2) is 8.42 Å². The lowest BCUT2D eigenvalue weighted by Gasteiger charge is -2.22. The van der Waals surface area contributed by atoms with Crippen molar-refractivity contribution in [1.29, 1.82) is 5.26 Å². The van der Waals surface area contributed by atoms with E-state index in [4.69, 9.17) is 5.26 Å². The third kappa shape index (κ3) is 4.47. The third-order valence-electron chi connectivity index (χ3n) is 3.67. The first kappa shape index (κ1) is 16.3. The number of rotatable bonds is 6. The fourth-order valence-corrected chi connectivity index (χ4v) is 4.93. The van der Waals surface area contributed by atoms with Gasteiger partial charge >= 0.3 is 0 Å². The fourth-order valence-electron chi connectivity index (χ4n) is 2.41. The van der Waals surface area contributed by atoms with Gasteiger partial charge in [-0.05, 0) is 43.7 Å². The standard InChI is InChI=1S/C15H20N2O2S2/c1-15(6-3-8-20-15)12-17-7-9-21(18,19)14-5-2-4-13(10-14)11-16/h2,4-5,10,17H,3,6-9,12H2,1H3. The predicted molar refractivity (Wildman–Crippen MR) is 86.2 cm³/mol. The van der Waals surface area contributed by atoms with Gasteiger partial charge in [-0.15, -0.1) is 0 Å². The lowest BCUT2D eigenvalue weighted by Crippen LogP contribution is -2.35. The first-order chi connectivity index (χ1) is 9.95. The lowest BCUT2D eigenvalue weighted by molar-refractivity contribution is 0.543. The second kappa shape index (κ2) is 6.82. The molecular weight excluding hydrogens is 304 g/mol. The molecule has 1 aliphatic heterocycles. The molecule has 1 heterocycles. The van der Waals surface area contributed by atoms with Gasteiger partial charge in [0.05, 0.1) is 22.3 Å². The van der Waals surface area contributed by atoms with Crippen LogP contribution in [-0.4, -0.2) is 37.8 Å². The highest BCUT2D eigenvalue weighted by Crippen LogP contribution is 2.36. The number of hydrogen-bond acceptors (Lipinski definition) is 5. The fraction of sp³-hybridized carbons (Fsp3) is 0.533. The molecule has 1 N–H and O–H groups in total. The van der Waals surface area contributed by atoms with Crippen molar-refractivity contribution < 1.29 is 8.42 Å². The summed E-state index contributed by atoms with van der Waals surface area (Å²) in [6.45, 7) is 3.50. The van der Waals surface area contributed by atoms with Crippen molar-refractivity contribution in [1.82, 2.24) is 5.32 Å². The summed E-state index contributed by atoms with van der Waals surface area (Å²) in [5.74, 6) is 1.25. The zero-order valence-electron chi connectivity index (χ0n) is 12.1. The number of thioether (sulfide) groups is 1. The van der Waals surface area contributed by atoms with Crippen molar-refractivity contribution in [2.45, 2.75) is 29.4 Å². The Balaban J connectivity index is 1.88. The van der Waals surface area contributed by atoms with Crippen LogP contribution >= 0.6 is 11.8 Å². The summed E-state index contributed by atoms with van der Waals surface area (Å²) in [4.78, 5) is 0.227. The highest BCUT2D eigenvalue weighted by Gasteiger charge is 2.28. The molecular formula is C15H20N2O2S2. The van der Waals surface area contributed by atoms with Crippen LogP contribution in [0.5, 0.6) is 0 Å². The van der Waals surface area contributed by atoms with E-state index in [2.05, 4.69) is 12.2 Å². The summed E-state index contributed by atoms with van der Waals surface area (Å²) >= 11 is 1.96. The highest BCUT2D eigenvalue weighted by atomic mass is 32.2. The zero-order valence-corrected chi connectivity index (χ0v) is 13.8. The predicted octanol–water partition coefficient (Wildman–Crippen LogP) is 2.21. The number of sulfone groups is 1. The summed E-state index contributed by atoms with van der Waals surface area (Å²) in [6, 6.07) is 8.16. The molecule has 0 saturated carbocycles. The topological polar surface area (TPSA) is 70.0 Å². The highest BCUT2D eigenvalue weighted by molar-refractivity contribution is 8.00. The van der Waals surface area contributed by atoms with Gasteiger partial charge in [0, 0.05) is 17.8 Å². The molecule has 114 valence electrons. The van der Waals surface area contributed by atoms with Gasteiger partial charge in [-0.3, -0.25) is 0 Å². The summed E-state index contributed by atoms with van der Waals surface area (Å²) in [6.07, 6.45) is 2.42. The van der Waals surface area contributed by atoms with Crippen LogP contribution in [0.4, 0.5) is 0 Å². The van der Waals surface area contributed by atoms with E-state index < -0.39 is 9.84 Å². The Labute approximate surface area is 130 Å². The maximum atomic E-state index is 12.2. The number of nitriles is 1. The molecule has 6 heteroatoms. The van der Waals surface area contributed by atoms with E-state index in [9.17, 15) is 8.42 Å². The zero-order chi connectivity index (χ0) is 15.3. The molecule has 0 aliphatic carbocycles. The minimum Gasteiger partial charge on any atom is -0.314 e. The lowest BCUT2D eigenvalue weighted by atomic mass is 10.1. The minimum absolute atomic E-state index is 0.0582. The van der Waals surface area contributed by atoms with Gasteiger partial charge in [-0.2, -0.15) is 17.0 Å². The van der Waals surface area contributed by atoms with Crippen LogP contribution in [0.2, 0.25) is 0 Å². The maximum Gasteiger partial charge on any atom is 0.179 e. The van der Waals surface area contributed by atoms with Crippen molar-refractivity contribution in [3.8, 4) is 6.07 Å². The molecule has 2 rings (SSSR count). The summed E-state index contributed by atoms with van der Waals surface area (Å²) in [5.41, 5.74) is 0.374. The molecule has 0 aromatic heterocycles. The van der Waals surface area contributed by atoms with E-state index in [0.29, 0.717) is 12.1 Å². The summed E-state index contributed by atoms with van der Waals surface area (Å²) in [5, 5.41) is 12.1. The van der Waals surface area contributed by atoms with E-state index in [-0.39, 0.29) is 15.4 Å². The second-order valence-electron chi connectivity index (χ2n) is 5.54. The quantitative estimate of drug-likeness (QED) is 0.813. The van der Waals surface area contributed by atoms with E-state index in [1.807, 2.05) is 17.8 Å². The monoisotopic (exact) mass is 324 g/mol. The van der Waals surface area contributed by atoms with Gasteiger partial charge in [0.2, 0.25) is 0 Å². The van der Waals surface area contributed by atoms with Crippen LogP contribution < -0.4 is 5.32 Å². The van der Waals surface area contributed by atoms with Crippen LogP contribution in [0, 0.1) is 11.3 Å². The molecule has 1 aliphatic rings. The molecule has 0 amide bonds. The number of nitrogens with zero attached hydrogens (tertiary/aromatic N) is 1. The van der Waals surface area contributed by atoms with Gasteiger partial charge in [0.15, 0.2) is 9.84 Å². The molecule has 4 nitrogen and oxygen atoms in total. The minimum atomic E-state index is -3.33. The average molecular weight is 324 g/mol. The van der Waals surface area contributed by atoms with Crippen molar-refractivity contribution >= 4 is 21.6 Å². The van der Waals surface area contributed by atoms with E-state index >= 15 is 0 Å². The third-order valence-corrected chi connectivity index (χ3v) is 6.92. The van der Waals surface area contributed by atoms with Gasteiger partial charge in [0.25, 0.3) is 0 Å². The molecule has 1 aromatic rings. The normalized spacial score (nSPS) is 22.1. The van der Waals surface area contributed by atoms with Crippen molar-refractivity contribution in [3.05, 3.63) is 29.8 Å². The van der Waals surface area contributed by atoms with Crippen LogP contribution in [0.15, 0.2) is 29.2 Å². The Morgan fingerprint density at radius 3 is 2.95 bits per heavy atom. The molecule has 1 aromatic carbocycles. The number of nitrogens with one attached hydrogen (secondary N) is 1. The molecule has 1 atom stereocenters. The van der Waals surface area contributed by atoms with Crippen LogP contribution in [0.3, 0.4) is 0 Å². The summed E-state index contributed by atoms with van der Waals surface area (Å²) < 4.78 is 24.7. The molecule has 1 saturated heterocycles. The van der Waals surface area contributed by atoms with Crippen LogP contribution in [0.25, 0.3) is 0 Å². The van der Waals surface area contributed by atoms with Crippen LogP contribution in [-0.2, 0) is 9.84 Å². The first-order valence-electron chi connectivity index (χ1n) is 7.03. The van der Waals surface area contributed by atoms with Crippen molar-refractivity contribution in [2.75, 3.05) is 24.6 Å². The Morgan fingerprint density at radius 1 is 1.48 bits per heavy atom. The Hall–Kier alpha value is -1.03. The molecule has 0 bridgehead atoms. The molecule has 0 spiro atoms. The van der Waals surface area contributed by atoms with E-state index in [0.717, 1.165) is 6.54 Å². The molecule has 1 unspecified atom stereocenters. The molecule has 0 radical (unpaired) electrons. The van der Waals surface area contributed by atoms with E-state index in [1.165, 1.54) is 24.7 Å². The molecule has 1 fully saturated rings. The maximum absolute atomic E-state index is 12.2. The van der Waals surface area contributed by atoms with E-state index in [1.54, 1.807) is 18.2 Å². The summed E-state index contributed by atoms with van der Waals surface area (Å²) in [7, 11) is -3.33. The SMILES string of the molecule is CC1(CNCCS(=O)(=O)c2cccc(C#N)c2)CCCS1. The Kier molecular flexibility index (Phi) is 5.31. The van der Waals surface area contributed by atoms with Gasteiger partial charge in [-0.1, -0.05) is 6.07 Å². The average Bonchev–Trinajstić information content (AvgIpc) is 2.91.